The molecule has 4 N–H and O–H groups in total. The fourth-order valence-electron chi connectivity index (χ4n) is 5.42. The maximum atomic E-state index is 11.3. The van der Waals surface area contributed by atoms with E-state index in [4.69, 9.17) is 11.3 Å². The molecule has 0 aliphatic carbocycles. The average molecular weight is 406 g/mol. The van der Waals surface area contributed by atoms with Gasteiger partial charge in [-0.1, -0.05) is 37.3 Å². The van der Waals surface area contributed by atoms with Crippen molar-refractivity contribution < 1.29 is 25.2 Å². The van der Waals surface area contributed by atoms with Gasteiger partial charge < -0.3 is 25.2 Å². The van der Waals surface area contributed by atoms with Crippen LogP contribution in [0.15, 0.2) is 36.4 Å². The Hall–Kier alpha value is -3.05. The molecule has 3 aromatic rings. The summed E-state index contributed by atoms with van der Waals surface area (Å²) in [7, 11) is 0. The predicted molar refractivity (Wildman–Crippen MR) is 110 cm³/mol. The molecule has 0 saturated carbocycles. The van der Waals surface area contributed by atoms with E-state index in [0.29, 0.717) is 39.7 Å². The molecule has 2 aliphatic rings. The van der Waals surface area contributed by atoms with E-state index in [0.717, 1.165) is 0 Å². The normalized spacial score (nSPS) is 26.8. The lowest BCUT2D eigenvalue weighted by atomic mass is 9.74. The lowest BCUT2D eigenvalue weighted by Gasteiger charge is -2.28. The largest absolute Gasteiger partial charge is 0.494 e. The van der Waals surface area contributed by atoms with E-state index in [1.807, 2.05) is 31.2 Å². The first-order valence-electron chi connectivity index (χ1n) is 10.0. The van der Waals surface area contributed by atoms with Gasteiger partial charge in [0, 0.05) is 19.4 Å². The highest BCUT2D eigenvalue weighted by Crippen LogP contribution is 2.66. The van der Waals surface area contributed by atoms with E-state index in [2.05, 4.69) is 4.85 Å². The van der Waals surface area contributed by atoms with Crippen molar-refractivity contribution in [3.8, 4) is 17.4 Å². The summed E-state index contributed by atoms with van der Waals surface area (Å²) in [4.78, 5) is 3.57. The number of aliphatic hydroxyl groups is 2. The summed E-state index contributed by atoms with van der Waals surface area (Å²) < 4.78 is 7.61. The Kier molecular flexibility index (Phi) is 3.93. The smallest absolute Gasteiger partial charge is 0.205 e. The summed E-state index contributed by atoms with van der Waals surface area (Å²) >= 11 is 0. The van der Waals surface area contributed by atoms with E-state index >= 15 is 0 Å². The van der Waals surface area contributed by atoms with E-state index in [1.165, 1.54) is 4.57 Å². The second-order valence-electron chi connectivity index (χ2n) is 8.03. The molecular weight excluding hydrogens is 384 g/mol. The van der Waals surface area contributed by atoms with Crippen LogP contribution in [-0.2, 0) is 15.9 Å². The molecule has 2 bridgehead atoms. The third-order valence-electron chi connectivity index (χ3n) is 6.72. The van der Waals surface area contributed by atoms with Crippen LogP contribution in [0.2, 0.25) is 0 Å². The van der Waals surface area contributed by atoms with Crippen LogP contribution in [0.4, 0.5) is 5.69 Å². The van der Waals surface area contributed by atoms with E-state index in [9.17, 15) is 20.4 Å². The zero-order valence-corrected chi connectivity index (χ0v) is 16.5. The summed E-state index contributed by atoms with van der Waals surface area (Å²) in [5.41, 5.74) is -0.370. The summed E-state index contributed by atoms with van der Waals surface area (Å²) in [6.45, 7) is 9.10. The Bertz CT molecular complexity index is 1230. The van der Waals surface area contributed by atoms with Crippen molar-refractivity contribution in [3.63, 3.8) is 0 Å². The number of nitrogens with zero attached hydrogens (tertiary/aromatic N) is 2. The van der Waals surface area contributed by atoms with Crippen LogP contribution >= 0.6 is 0 Å². The van der Waals surface area contributed by atoms with Crippen molar-refractivity contribution in [3.05, 3.63) is 58.9 Å². The highest BCUT2D eigenvalue weighted by atomic mass is 16.6. The standard InChI is InChI=1S/C23H22N2O5/c1-3-23-17(27)12-22(30-23,10-11-26)18-19(23)21(29)25(20(18)28)16-9-8-15(24-2)13-6-4-5-7-14(13)16/h4-9,17,26-29H,3,10-12H2,1H3/t17-,22?,23?/m1/s1. The molecule has 7 nitrogen and oxygen atoms in total. The van der Waals surface area contributed by atoms with Crippen LogP contribution < -0.4 is 0 Å². The third kappa shape index (κ3) is 2.08. The number of hydrogen-bond donors (Lipinski definition) is 4. The van der Waals surface area contributed by atoms with Gasteiger partial charge in [-0.2, -0.15) is 0 Å². The highest BCUT2D eigenvalue weighted by molar-refractivity contribution is 6.00. The topological polar surface area (TPSA) is 99.4 Å². The molecule has 0 radical (unpaired) electrons. The molecule has 1 fully saturated rings. The van der Waals surface area contributed by atoms with Gasteiger partial charge in [0.25, 0.3) is 0 Å². The second kappa shape index (κ2) is 6.22. The van der Waals surface area contributed by atoms with Crippen LogP contribution in [0.5, 0.6) is 11.8 Å². The van der Waals surface area contributed by atoms with Crippen LogP contribution in [0.25, 0.3) is 21.3 Å². The summed E-state index contributed by atoms with van der Waals surface area (Å²) in [5.74, 6) is -0.359. The molecular formula is C23H22N2O5. The molecule has 1 saturated heterocycles. The van der Waals surface area contributed by atoms with Crippen LogP contribution in [0.1, 0.15) is 37.3 Å². The van der Waals surface area contributed by atoms with E-state index < -0.39 is 17.3 Å². The number of fused-ring (bicyclic) bond motifs is 6. The van der Waals surface area contributed by atoms with Crippen molar-refractivity contribution in [2.75, 3.05) is 6.61 Å². The molecule has 2 aliphatic heterocycles. The van der Waals surface area contributed by atoms with Gasteiger partial charge in [-0.15, -0.1) is 0 Å². The third-order valence-corrected chi connectivity index (χ3v) is 6.72. The molecule has 0 amide bonds. The maximum absolute atomic E-state index is 11.3. The Morgan fingerprint density at radius 2 is 1.83 bits per heavy atom. The van der Waals surface area contributed by atoms with Gasteiger partial charge in [-0.05, 0) is 23.3 Å². The zero-order chi connectivity index (χ0) is 21.3. The molecule has 0 spiro atoms. The van der Waals surface area contributed by atoms with Gasteiger partial charge in [-0.25, -0.2) is 4.85 Å². The second-order valence-corrected chi connectivity index (χ2v) is 8.03. The molecule has 1 aromatic heterocycles. The SMILES string of the molecule is [C-]#[N+]c1ccc(-n2c(O)c3c(c2O)C2(CC)OC3(CCO)C[C@H]2O)c2ccccc12. The molecule has 7 heteroatoms. The van der Waals surface area contributed by atoms with Crippen molar-refractivity contribution in [1.29, 1.82) is 0 Å². The zero-order valence-electron chi connectivity index (χ0n) is 16.5. The molecule has 2 aromatic carbocycles. The highest BCUT2D eigenvalue weighted by Gasteiger charge is 2.67. The minimum atomic E-state index is -1.14. The molecule has 2 unspecified atom stereocenters. The van der Waals surface area contributed by atoms with Gasteiger partial charge in [0.15, 0.2) is 5.69 Å². The lowest BCUT2D eigenvalue weighted by Crippen LogP contribution is -2.35. The Labute approximate surface area is 173 Å². The number of benzene rings is 2. The first kappa shape index (κ1) is 18.9. The Balaban J connectivity index is 1.84. The number of aromatic hydroxyl groups is 2. The van der Waals surface area contributed by atoms with Gasteiger partial charge >= 0.3 is 0 Å². The number of rotatable bonds is 4. The monoisotopic (exact) mass is 406 g/mol. The van der Waals surface area contributed by atoms with Gasteiger partial charge in [0.1, 0.15) is 11.2 Å². The van der Waals surface area contributed by atoms with Crippen LogP contribution in [0, 0.1) is 6.57 Å². The maximum Gasteiger partial charge on any atom is 0.205 e. The van der Waals surface area contributed by atoms with Gasteiger partial charge in [0.05, 0.1) is 29.5 Å². The number of hydrogen-bond acceptors (Lipinski definition) is 5. The minimum Gasteiger partial charge on any atom is -0.494 e. The fraction of sp³-hybridized carbons (Fsp3) is 0.348. The lowest BCUT2D eigenvalue weighted by molar-refractivity contribution is -0.120. The van der Waals surface area contributed by atoms with Gasteiger partial charge in [-0.3, -0.25) is 4.57 Å². The Morgan fingerprint density at radius 1 is 1.13 bits per heavy atom. The summed E-state index contributed by atoms with van der Waals surface area (Å²) in [5, 5.41) is 44.4. The Morgan fingerprint density at radius 3 is 2.50 bits per heavy atom. The van der Waals surface area contributed by atoms with E-state index in [1.54, 1.807) is 12.1 Å². The van der Waals surface area contributed by atoms with Crippen molar-refractivity contribution in [2.24, 2.45) is 0 Å². The van der Waals surface area contributed by atoms with E-state index in [-0.39, 0.29) is 31.2 Å². The molecule has 154 valence electrons. The van der Waals surface area contributed by atoms with Crippen LogP contribution in [-0.4, -0.2) is 37.7 Å². The summed E-state index contributed by atoms with van der Waals surface area (Å²) in [6, 6.07) is 10.7. The van der Waals surface area contributed by atoms with Crippen LogP contribution in [0.3, 0.4) is 0 Å². The first-order chi connectivity index (χ1) is 14.4. The average Bonchev–Trinajstić information content (AvgIpc) is 3.31. The number of aromatic nitrogens is 1. The number of aliphatic hydroxyl groups excluding tert-OH is 2. The van der Waals surface area contributed by atoms with Gasteiger partial charge in [0.2, 0.25) is 11.8 Å². The first-order valence-corrected chi connectivity index (χ1v) is 10.0. The summed E-state index contributed by atoms with van der Waals surface area (Å²) in [6.07, 6.45) is -0.0114. The molecule has 3 atom stereocenters. The minimum absolute atomic E-state index is 0.168. The number of ether oxygens (including phenoxy) is 1. The van der Waals surface area contributed by atoms with Crippen molar-refractivity contribution in [1.82, 2.24) is 4.57 Å². The van der Waals surface area contributed by atoms with Crippen molar-refractivity contribution >= 4 is 16.5 Å². The molecule has 5 rings (SSSR count). The predicted octanol–water partition coefficient (Wildman–Crippen LogP) is 3.57. The molecule has 3 heterocycles. The fourth-order valence-corrected chi connectivity index (χ4v) is 5.42. The molecule has 30 heavy (non-hydrogen) atoms. The quantitative estimate of drug-likeness (QED) is 0.497. The van der Waals surface area contributed by atoms with Crippen molar-refractivity contribution in [2.45, 2.75) is 43.5 Å².